The van der Waals surface area contributed by atoms with E-state index in [4.69, 9.17) is 11.5 Å². The van der Waals surface area contributed by atoms with E-state index in [0.29, 0.717) is 6.42 Å². The van der Waals surface area contributed by atoms with Crippen LogP contribution >= 0.6 is 0 Å². The number of aliphatic carboxylic acids is 1. The quantitative estimate of drug-likeness (QED) is 0.0271. The van der Waals surface area contributed by atoms with Gasteiger partial charge in [0.25, 0.3) is 0 Å². The molecule has 34 nitrogen and oxygen atoms in total. The van der Waals surface area contributed by atoms with Crippen molar-refractivity contribution in [1.82, 2.24) is 57.7 Å². The first-order valence-electron chi connectivity index (χ1n) is 32.7. The van der Waals surface area contributed by atoms with Crippen LogP contribution in [0.1, 0.15) is 155 Å². The van der Waals surface area contributed by atoms with Gasteiger partial charge in [0.15, 0.2) is 6.04 Å². The molecule has 1 saturated heterocycles. The van der Waals surface area contributed by atoms with E-state index in [0.717, 1.165) is 43.5 Å². The van der Waals surface area contributed by atoms with E-state index in [1.165, 1.54) is 27.7 Å². The van der Waals surface area contributed by atoms with Gasteiger partial charge in [0.1, 0.15) is 66.5 Å². The summed E-state index contributed by atoms with van der Waals surface area (Å²) in [5.74, 6) is -17.2. The summed E-state index contributed by atoms with van der Waals surface area (Å²) in [5, 5.41) is 107. The average Bonchev–Trinajstić information content (AvgIpc) is 1.53. The second-order valence-corrected chi connectivity index (χ2v) is 26.5. The van der Waals surface area contributed by atoms with Gasteiger partial charge in [0.05, 0.1) is 37.1 Å². The van der Waals surface area contributed by atoms with E-state index in [1.807, 2.05) is 6.92 Å². The summed E-state index contributed by atoms with van der Waals surface area (Å²) in [6.45, 7) is 19.4. The summed E-state index contributed by atoms with van der Waals surface area (Å²) < 4.78 is 0. The highest BCUT2D eigenvalue weighted by atomic mass is 16.4. The summed E-state index contributed by atoms with van der Waals surface area (Å²) in [6, 6.07) is -19.2. The first kappa shape index (κ1) is 86.8. The maximum Gasteiger partial charge on any atom is 0.328 e. The number of likely N-dealkylation sites (tertiary alicyclic amines) is 1. The van der Waals surface area contributed by atoms with Crippen molar-refractivity contribution in [2.45, 2.75) is 264 Å². The van der Waals surface area contributed by atoms with E-state index in [9.17, 15) is 103 Å². The van der Waals surface area contributed by atoms with Crippen molar-refractivity contribution in [3.05, 3.63) is 0 Å². The van der Waals surface area contributed by atoms with Crippen molar-refractivity contribution in [3.63, 3.8) is 0 Å². The van der Waals surface area contributed by atoms with Crippen molar-refractivity contribution in [2.75, 3.05) is 20.2 Å². The molecule has 34 heteroatoms. The predicted molar refractivity (Wildman–Crippen MR) is 346 cm³/mol. The monoisotopic (exact) mass is 1370 g/mol. The van der Waals surface area contributed by atoms with Gasteiger partial charge in [-0.25, -0.2) is 4.79 Å². The number of likely N-dealkylation sites (N-methyl/N-ethyl adjacent to an activating group) is 1. The Balaban J connectivity index is 3.63. The summed E-state index contributed by atoms with van der Waals surface area (Å²) in [5.41, 5.74) is 11.6. The molecule has 96 heavy (non-hydrogen) atoms. The molecular weight excluding hydrogens is 1260 g/mol. The van der Waals surface area contributed by atoms with Gasteiger partial charge in [-0.05, 0) is 69.6 Å². The number of carbonyl (C=O) groups is 13. The minimum absolute atomic E-state index is 0.0639. The lowest BCUT2D eigenvalue weighted by molar-refractivity contribution is -0.147. The highest BCUT2D eigenvalue weighted by molar-refractivity contribution is 6.00. The van der Waals surface area contributed by atoms with Crippen LogP contribution in [0.5, 0.6) is 0 Å². The minimum Gasteiger partial charge on any atom is -0.480 e. The Hall–Kier alpha value is -7.21. The van der Waals surface area contributed by atoms with Gasteiger partial charge in [-0.1, -0.05) is 95.4 Å². The molecule has 0 aromatic rings. The van der Waals surface area contributed by atoms with Crippen LogP contribution in [0.15, 0.2) is 0 Å². The van der Waals surface area contributed by atoms with Gasteiger partial charge in [-0.2, -0.15) is 0 Å². The van der Waals surface area contributed by atoms with E-state index < -0.39 is 242 Å². The number of hydrogen-bond donors (Lipinski definition) is 19. The zero-order valence-corrected chi connectivity index (χ0v) is 58.0. The van der Waals surface area contributed by atoms with E-state index in [2.05, 4.69) is 47.9 Å². The first-order valence-corrected chi connectivity index (χ1v) is 32.7. The number of amides is 12. The maximum absolute atomic E-state index is 14.7. The molecule has 550 valence electrons. The third-order valence-electron chi connectivity index (χ3n) is 16.6. The topological polar surface area (TPSA) is 551 Å². The van der Waals surface area contributed by atoms with Crippen molar-refractivity contribution in [2.24, 2.45) is 41.1 Å². The van der Waals surface area contributed by atoms with Crippen LogP contribution in [0.2, 0.25) is 0 Å². The number of nitrogens with zero attached hydrogens (tertiary/aromatic N) is 2. The van der Waals surface area contributed by atoms with Crippen LogP contribution in [0.3, 0.4) is 0 Å². The third-order valence-corrected chi connectivity index (χ3v) is 16.6. The van der Waals surface area contributed by atoms with Gasteiger partial charge >= 0.3 is 5.97 Å². The molecule has 19 atom stereocenters. The Labute approximate surface area is 561 Å². The van der Waals surface area contributed by atoms with Gasteiger partial charge < -0.3 is 110 Å². The molecule has 1 heterocycles. The highest BCUT2D eigenvalue weighted by Crippen LogP contribution is 2.23. The third kappa shape index (κ3) is 27.0. The molecule has 1 aliphatic rings. The Morgan fingerprint density at radius 3 is 1.53 bits per heavy atom. The van der Waals surface area contributed by atoms with Crippen molar-refractivity contribution >= 4 is 76.9 Å². The molecule has 0 aliphatic carbocycles. The Morgan fingerprint density at radius 1 is 0.573 bits per heavy atom. The van der Waals surface area contributed by atoms with Crippen LogP contribution in [0.25, 0.3) is 0 Å². The zero-order chi connectivity index (χ0) is 74.1. The molecule has 1 fully saturated rings. The summed E-state index contributed by atoms with van der Waals surface area (Å²) in [4.78, 5) is 180. The molecule has 0 bridgehead atoms. The number of primary amides is 1. The fraction of sp³-hybridized carbons (Fsp3) is 0.790. The SMILES string of the molecule is CCCCC(N)CC(=O)N[C@H](C(=O)N[C@H](C(=O)N[C@@H](C)C(=O)N[C@H](C(=O)N[C@@H](CCC(N)=O)C(=O)N(C)[C@H](C(=O)N[C@H](C(=O)N[C@H](C(=O)N1C[C@H](O)C[C@H]1C(=O)N[C@@H](CC(C)C)C(=O)N[C@H](C(=O)O)[C@@H](C)O)[C@@H](C)O)C(O)CO)[C@@H](C)CC)C(O)C(C)C)C(O)C(C)C)C(C)C. The fourth-order valence-corrected chi connectivity index (χ4v) is 10.5. The van der Waals surface area contributed by atoms with Gasteiger partial charge in [0, 0.05) is 38.9 Å². The first-order chi connectivity index (χ1) is 44.5. The Morgan fingerprint density at radius 2 is 1.06 bits per heavy atom. The van der Waals surface area contributed by atoms with Gasteiger partial charge in [-0.3, -0.25) is 57.5 Å². The van der Waals surface area contributed by atoms with E-state index in [-0.39, 0.29) is 25.2 Å². The van der Waals surface area contributed by atoms with Crippen LogP contribution in [-0.2, 0) is 62.3 Å². The number of aliphatic hydroxyl groups excluding tert-OH is 7. The maximum atomic E-state index is 14.7. The predicted octanol–water partition coefficient (Wildman–Crippen LogP) is -5.69. The summed E-state index contributed by atoms with van der Waals surface area (Å²) in [6.07, 6.45) is -9.53. The largest absolute Gasteiger partial charge is 0.480 e. The number of carboxylic acid groups (broad SMARTS) is 1. The number of nitrogens with two attached hydrogens (primary N) is 2. The average molecular weight is 1370 g/mol. The van der Waals surface area contributed by atoms with Gasteiger partial charge in [-0.15, -0.1) is 0 Å². The number of carbonyl (C=O) groups excluding carboxylic acids is 12. The lowest BCUT2D eigenvalue weighted by atomic mass is 9.94. The molecule has 1 rings (SSSR count). The number of carboxylic acids is 1. The molecule has 0 saturated carbocycles. The fourth-order valence-electron chi connectivity index (χ4n) is 10.5. The smallest absolute Gasteiger partial charge is 0.328 e. The normalized spacial score (nSPS) is 19.3. The zero-order valence-electron chi connectivity index (χ0n) is 58.0. The molecule has 0 aromatic heterocycles. The Bertz CT molecular complexity index is 2630. The number of unbranched alkanes of at least 4 members (excludes halogenated alkanes) is 1. The Kier molecular flexibility index (Phi) is 37.2. The van der Waals surface area contributed by atoms with Crippen molar-refractivity contribution in [3.8, 4) is 0 Å². The molecule has 0 spiro atoms. The number of nitrogens with one attached hydrogen (secondary N) is 9. The second-order valence-electron chi connectivity index (χ2n) is 26.5. The molecule has 1 aliphatic heterocycles. The molecule has 4 unspecified atom stereocenters. The summed E-state index contributed by atoms with van der Waals surface area (Å²) in [7, 11) is 1.11. The lowest BCUT2D eigenvalue weighted by Crippen LogP contribution is -2.65. The molecule has 0 aromatic carbocycles. The van der Waals surface area contributed by atoms with Crippen LogP contribution in [0, 0.1) is 29.6 Å². The highest BCUT2D eigenvalue weighted by Gasteiger charge is 2.46. The lowest BCUT2D eigenvalue weighted by Gasteiger charge is -2.36. The standard InChI is InChI=1S/C62H111N13O21/c1-16-18-19-35(63)23-42(82)68-43(28(5)6)55(88)73-47(50(83)29(7)8)57(90)65-32(12)52(85)72-48(51(84)30(9)10)58(91)66-37(20-21-41(64)81)60(93)74(15)49(31(11)17-2)59(92)71-46(40(80)26-76)56(89)69-44(33(13)77)61(94)75-25-36(79)24-39(75)54(87)67-38(22-27(3)4)53(86)70-45(34(14)78)62(95)96/h27-40,43-51,76-80,83-84H,16-26,63H2,1-15H3,(H2,64,81)(H,65,90)(H,66,91)(H,67,87)(H,68,82)(H,69,89)(H,70,86)(H,71,92)(H,72,85)(H,73,88)(H,95,96)/t31-,32-,33+,34+,35?,36+,37-,38-,39-,40?,43-,44-,45-,46-,47-,48-,49-,50?,51?/m0/s1. The molecule has 0 radical (unpaired) electrons. The molecule has 21 N–H and O–H groups in total. The van der Waals surface area contributed by atoms with E-state index >= 15 is 0 Å². The van der Waals surface area contributed by atoms with Crippen LogP contribution in [0.4, 0.5) is 0 Å². The number of rotatable bonds is 42. The van der Waals surface area contributed by atoms with Crippen molar-refractivity contribution < 1.29 is 103 Å². The summed E-state index contributed by atoms with van der Waals surface area (Å²) >= 11 is 0. The van der Waals surface area contributed by atoms with Crippen LogP contribution in [-0.4, -0.2) is 257 Å². The number of hydrogen-bond acceptors (Lipinski definition) is 21. The minimum atomic E-state index is -2.19. The molecule has 12 amide bonds. The molecular formula is C62H111N13O21. The number of β-amino-alcohol motifs (C(OH)–C–C–N with tert-alkyl or cyclic N) is 1. The van der Waals surface area contributed by atoms with E-state index in [1.54, 1.807) is 48.5 Å². The van der Waals surface area contributed by atoms with Crippen LogP contribution < -0.4 is 59.3 Å². The van der Waals surface area contributed by atoms with Gasteiger partial charge in [0.2, 0.25) is 70.9 Å². The van der Waals surface area contributed by atoms with Crippen molar-refractivity contribution in [1.29, 1.82) is 0 Å². The second kappa shape index (κ2) is 41.1. The number of aliphatic hydroxyl groups is 7.